The number of rotatable bonds is 5. The lowest BCUT2D eigenvalue weighted by molar-refractivity contribution is 0.111. The van der Waals surface area contributed by atoms with E-state index in [1.165, 1.54) is 0 Å². The Kier molecular flexibility index (Phi) is 5.10. The number of carboxylic acid groups (broad SMARTS) is 1. The van der Waals surface area contributed by atoms with Crippen molar-refractivity contribution in [3.8, 4) is 0 Å². The Morgan fingerprint density at radius 1 is 1.36 bits per heavy atom. The number of aromatic amines is 1. The average molecular weight is 327 g/mol. The summed E-state index contributed by atoms with van der Waals surface area (Å²) in [5, 5.41) is 13.2. The second kappa shape index (κ2) is 6.68. The van der Waals surface area contributed by atoms with Crippen LogP contribution >= 0.6 is 0 Å². The lowest BCUT2D eigenvalue weighted by Gasteiger charge is -2.35. The van der Waals surface area contributed by atoms with Gasteiger partial charge in [-0.25, -0.2) is 9.59 Å². The molecule has 1 heterocycles. The molecule has 22 heavy (non-hydrogen) atoms. The molecule has 0 radical (unpaired) electrons. The fourth-order valence-electron chi connectivity index (χ4n) is 2.97. The molecule has 1 aliphatic rings. The Bertz CT molecular complexity index is 555. The van der Waals surface area contributed by atoms with Crippen molar-refractivity contribution in [2.24, 2.45) is 0 Å². The van der Waals surface area contributed by atoms with E-state index in [0.29, 0.717) is 12.4 Å². The highest BCUT2D eigenvalue weighted by molar-refractivity contribution is 6.76. The first-order chi connectivity index (χ1) is 10.3. The molecule has 1 saturated carbocycles. The number of amides is 1. The molecule has 0 unspecified atom stereocenters. The zero-order chi connectivity index (χ0) is 16.3. The van der Waals surface area contributed by atoms with Gasteiger partial charge < -0.3 is 10.0 Å². The summed E-state index contributed by atoms with van der Waals surface area (Å²) in [6, 6.07) is 1.05. The minimum Gasteiger partial charge on any atom is -0.465 e. The minimum absolute atomic E-state index is 0.0729. The van der Waals surface area contributed by atoms with Crippen molar-refractivity contribution in [2.75, 3.05) is 6.54 Å². The summed E-state index contributed by atoms with van der Waals surface area (Å²) in [4.78, 5) is 26.8. The molecule has 0 aliphatic heterocycles. The maximum Gasteiger partial charge on any atom is 0.438 e. The summed E-state index contributed by atoms with van der Waals surface area (Å²) in [7, 11) is -1.26. The van der Waals surface area contributed by atoms with Gasteiger partial charge in [-0.1, -0.05) is 24.8 Å². The van der Waals surface area contributed by atoms with Crippen LogP contribution in [0, 0.1) is 0 Å². The minimum atomic E-state index is -1.26. The summed E-state index contributed by atoms with van der Waals surface area (Å²) in [5.74, 6) is 0.224. The molecule has 0 spiro atoms. The summed E-state index contributed by atoms with van der Waals surface area (Å²) < 4.78 is 4.55. The van der Waals surface area contributed by atoms with E-state index in [1.807, 2.05) is 0 Å². The molecule has 7 nitrogen and oxygen atoms in total. The van der Waals surface area contributed by atoms with Crippen LogP contribution in [0.15, 0.2) is 9.32 Å². The van der Waals surface area contributed by atoms with Crippen LogP contribution in [0.4, 0.5) is 4.79 Å². The van der Waals surface area contributed by atoms with Crippen molar-refractivity contribution in [1.29, 1.82) is 0 Å². The molecule has 1 aromatic heterocycles. The predicted octanol–water partition coefficient (Wildman–Crippen LogP) is 2.71. The van der Waals surface area contributed by atoms with Crippen LogP contribution in [-0.4, -0.2) is 46.9 Å². The molecule has 0 saturated heterocycles. The Morgan fingerprint density at radius 3 is 2.45 bits per heavy atom. The first-order valence-corrected chi connectivity index (χ1v) is 11.5. The van der Waals surface area contributed by atoms with Crippen LogP contribution in [0.3, 0.4) is 0 Å². The third-order valence-electron chi connectivity index (χ3n) is 4.33. The third kappa shape index (κ3) is 4.46. The maximum absolute atomic E-state index is 11.5. The van der Waals surface area contributed by atoms with Gasteiger partial charge in [0.05, 0.1) is 0 Å². The first kappa shape index (κ1) is 16.8. The van der Waals surface area contributed by atoms with E-state index in [2.05, 4.69) is 34.3 Å². The van der Waals surface area contributed by atoms with E-state index < -0.39 is 19.9 Å². The molecular formula is C14H25N3O4Si. The van der Waals surface area contributed by atoms with Gasteiger partial charge in [0.25, 0.3) is 0 Å². The van der Waals surface area contributed by atoms with E-state index in [-0.39, 0.29) is 12.0 Å². The third-order valence-corrected chi connectivity index (χ3v) is 6.05. The molecular weight excluding hydrogens is 302 g/mol. The van der Waals surface area contributed by atoms with E-state index in [4.69, 9.17) is 0 Å². The summed E-state index contributed by atoms with van der Waals surface area (Å²) in [5.41, 5.74) is 0. The zero-order valence-corrected chi connectivity index (χ0v) is 14.5. The summed E-state index contributed by atoms with van der Waals surface area (Å²) in [6.45, 7) is 7.39. The Hall–Kier alpha value is -1.57. The number of nitrogens with one attached hydrogen (secondary N) is 1. The second-order valence-corrected chi connectivity index (χ2v) is 12.9. The van der Waals surface area contributed by atoms with Gasteiger partial charge in [-0.05, 0) is 31.7 Å². The van der Waals surface area contributed by atoms with Crippen molar-refractivity contribution in [2.45, 2.75) is 63.3 Å². The molecule has 1 amide bonds. The number of nitrogens with zero attached hydrogens (tertiary/aromatic N) is 2. The number of carbonyl (C=O) groups is 1. The molecule has 0 atom stereocenters. The van der Waals surface area contributed by atoms with E-state index in [1.54, 1.807) is 4.90 Å². The highest BCUT2D eigenvalue weighted by atomic mass is 28.3. The Balaban J connectivity index is 1.92. The largest absolute Gasteiger partial charge is 0.465 e. The molecule has 0 bridgehead atoms. The number of hydrogen-bond donors (Lipinski definition) is 2. The highest BCUT2D eigenvalue weighted by Gasteiger charge is 2.31. The fourth-order valence-corrected chi connectivity index (χ4v) is 3.88. The predicted molar refractivity (Wildman–Crippen MR) is 85.0 cm³/mol. The van der Waals surface area contributed by atoms with Gasteiger partial charge in [0.1, 0.15) is 0 Å². The van der Waals surface area contributed by atoms with Crippen LogP contribution < -0.4 is 5.76 Å². The van der Waals surface area contributed by atoms with Crippen molar-refractivity contribution in [3.05, 3.63) is 16.4 Å². The van der Waals surface area contributed by atoms with E-state index in [0.717, 1.165) is 31.7 Å². The second-order valence-electron chi connectivity index (χ2n) is 7.27. The fraction of sp³-hybridized carbons (Fsp3) is 0.786. The smallest absolute Gasteiger partial charge is 0.438 e. The Morgan fingerprint density at radius 2 is 2.00 bits per heavy atom. The van der Waals surface area contributed by atoms with Crippen molar-refractivity contribution < 1.29 is 14.4 Å². The van der Waals surface area contributed by atoms with Gasteiger partial charge in [0.2, 0.25) is 0 Å². The van der Waals surface area contributed by atoms with Crippen molar-refractivity contribution in [3.63, 3.8) is 0 Å². The average Bonchev–Trinajstić information content (AvgIpc) is 2.84. The van der Waals surface area contributed by atoms with Crippen LogP contribution in [0.2, 0.25) is 25.7 Å². The lowest BCUT2D eigenvalue weighted by Crippen LogP contribution is -2.43. The summed E-state index contributed by atoms with van der Waals surface area (Å²) >= 11 is 0. The van der Waals surface area contributed by atoms with Gasteiger partial charge in [-0.15, -0.1) is 0 Å². The standard InChI is InChI=1S/C14H25N3O4Si/c1-22(2,3)9-8-17(14(19)20)11-6-4-10(5-7-11)12-15-13(18)21-16-12/h10-11H,4-9H2,1-3H3,(H,19,20)(H,15,16,18). The van der Waals surface area contributed by atoms with E-state index in [9.17, 15) is 14.7 Å². The van der Waals surface area contributed by atoms with Gasteiger partial charge >= 0.3 is 11.8 Å². The monoisotopic (exact) mass is 327 g/mol. The van der Waals surface area contributed by atoms with Crippen LogP contribution in [-0.2, 0) is 0 Å². The summed E-state index contributed by atoms with van der Waals surface area (Å²) in [6.07, 6.45) is 2.43. The van der Waals surface area contributed by atoms with E-state index >= 15 is 0 Å². The first-order valence-electron chi connectivity index (χ1n) is 7.82. The SMILES string of the molecule is C[Si](C)(C)CCN(C(=O)O)C1CCC(c2noc(=O)[nH]2)CC1. The number of H-pyrrole nitrogens is 1. The normalized spacial score (nSPS) is 22.5. The topological polar surface area (TPSA) is 99.4 Å². The highest BCUT2D eigenvalue weighted by Crippen LogP contribution is 2.33. The maximum atomic E-state index is 11.5. The van der Waals surface area contributed by atoms with Crippen LogP contribution in [0.1, 0.15) is 37.4 Å². The van der Waals surface area contributed by atoms with Crippen molar-refractivity contribution >= 4 is 14.2 Å². The lowest BCUT2D eigenvalue weighted by atomic mass is 9.85. The molecule has 1 aromatic rings. The molecule has 1 fully saturated rings. The van der Waals surface area contributed by atoms with Gasteiger partial charge in [-0.3, -0.25) is 9.51 Å². The number of hydrogen-bond acceptors (Lipinski definition) is 4. The van der Waals surface area contributed by atoms with Gasteiger partial charge in [0, 0.05) is 26.6 Å². The van der Waals surface area contributed by atoms with Gasteiger partial charge in [-0.2, -0.15) is 0 Å². The molecule has 2 rings (SSSR count). The van der Waals surface area contributed by atoms with Gasteiger partial charge in [0.15, 0.2) is 5.82 Å². The zero-order valence-electron chi connectivity index (χ0n) is 13.5. The molecule has 0 aromatic carbocycles. The van der Waals surface area contributed by atoms with Crippen molar-refractivity contribution in [1.82, 2.24) is 15.0 Å². The number of aromatic nitrogens is 2. The molecule has 2 N–H and O–H groups in total. The molecule has 124 valence electrons. The van der Waals surface area contributed by atoms with Crippen LogP contribution in [0.5, 0.6) is 0 Å². The quantitative estimate of drug-likeness (QED) is 0.810. The van der Waals surface area contributed by atoms with Crippen LogP contribution in [0.25, 0.3) is 0 Å². The molecule has 8 heteroatoms. The molecule has 1 aliphatic carbocycles. The Labute approximate surface area is 130 Å².